The zero-order valence-corrected chi connectivity index (χ0v) is 17.8. The van der Waals surface area contributed by atoms with Gasteiger partial charge in [-0.1, -0.05) is 12.1 Å². The highest BCUT2D eigenvalue weighted by molar-refractivity contribution is 5.99. The molecule has 0 spiro atoms. The molecule has 0 saturated carbocycles. The summed E-state index contributed by atoms with van der Waals surface area (Å²) >= 11 is 0. The number of ether oxygens (including phenoxy) is 3. The molecule has 1 aromatic heterocycles. The maximum atomic E-state index is 12.4. The molecule has 3 aromatic rings. The summed E-state index contributed by atoms with van der Waals surface area (Å²) in [6, 6.07) is 11.5. The maximum Gasteiger partial charge on any atom is 0.337 e. The van der Waals surface area contributed by atoms with E-state index < -0.39 is 11.9 Å². The van der Waals surface area contributed by atoms with Gasteiger partial charge in [0, 0.05) is 24.1 Å². The number of carbonyl (C=O) groups is 3. The van der Waals surface area contributed by atoms with Crippen molar-refractivity contribution < 1.29 is 33.0 Å². The number of hydrogen-bond acceptors (Lipinski definition) is 8. The lowest BCUT2D eigenvalue weighted by atomic mass is 10.1. The Morgan fingerprint density at radius 2 is 1.66 bits per heavy atom. The van der Waals surface area contributed by atoms with Crippen LogP contribution in [-0.2, 0) is 20.7 Å². The number of carbonyl (C=O) groups excluding carboxylic acids is 3. The van der Waals surface area contributed by atoms with Gasteiger partial charge >= 0.3 is 11.9 Å². The lowest BCUT2D eigenvalue weighted by Crippen LogP contribution is -2.14. The molecular weight excluding hydrogens is 416 g/mol. The molecule has 0 aliphatic carbocycles. The number of rotatable bonds is 8. The number of oxazole rings is 1. The van der Waals surface area contributed by atoms with Gasteiger partial charge in [-0.25, -0.2) is 14.6 Å². The van der Waals surface area contributed by atoms with E-state index >= 15 is 0 Å². The number of hydrogen-bond donors (Lipinski definition) is 1. The number of anilines is 1. The quantitative estimate of drug-likeness (QED) is 0.531. The third-order valence-electron chi connectivity index (χ3n) is 4.53. The second-order valence-electron chi connectivity index (χ2n) is 6.68. The van der Waals surface area contributed by atoms with Crippen LogP contribution < -0.4 is 10.1 Å². The first-order chi connectivity index (χ1) is 15.4. The van der Waals surface area contributed by atoms with Crippen molar-refractivity contribution in [3.63, 3.8) is 0 Å². The first kappa shape index (κ1) is 22.5. The summed E-state index contributed by atoms with van der Waals surface area (Å²) in [5.41, 5.74) is 1.30. The summed E-state index contributed by atoms with van der Waals surface area (Å²) in [6.45, 7) is 0. The Balaban J connectivity index is 1.67. The minimum absolute atomic E-state index is 0.0775. The van der Waals surface area contributed by atoms with Gasteiger partial charge in [0.2, 0.25) is 5.91 Å². The molecule has 3 rings (SSSR count). The summed E-state index contributed by atoms with van der Waals surface area (Å²) in [5.74, 6) is 0.0286. The van der Waals surface area contributed by atoms with Crippen molar-refractivity contribution in [1.29, 1.82) is 0 Å². The van der Waals surface area contributed by atoms with Crippen LogP contribution in [0.3, 0.4) is 0 Å². The van der Waals surface area contributed by atoms with Crippen molar-refractivity contribution >= 4 is 23.5 Å². The lowest BCUT2D eigenvalue weighted by molar-refractivity contribution is -0.116. The highest BCUT2D eigenvalue weighted by Gasteiger charge is 2.16. The van der Waals surface area contributed by atoms with Gasteiger partial charge in [-0.2, -0.15) is 0 Å². The number of methoxy groups -OCH3 is 3. The number of aromatic nitrogens is 1. The fourth-order valence-corrected chi connectivity index (χ4v) is 2.95. The Morgan fingerprint density at radius 3 is 2.28 bits per heavy atom. The Labute approximate surface area is 184 Å². The Bertz CT molecular complexity index is 1100. The molecule has 32 heavy (non-hydrogen) atoms. The van der Waals surface area contributed by atoms with E-state index in [-0.39, 0.29) is 35.6 Å². The van der Waals surface area contributed by atoms with Gasteiger partial charge in [-0.05, 0) is 30.3 Å². The maximum absolute atomic E-state index is 12.4. The van der Waals surface area contributed by atoms with E-state index in [1.54, 1.807) is 13.3 Å². The Kier molecular flexibility index (Phi) is 7.22. The Hall–Kier alpha value is -4.14. The zero-order chi connectivity index (χ0) is 23.1. The molecule has 0 fully saturated rings. The Morgan fingerprint density at radius 1 is 0.969 bits per heavy atom. The molecule has 9 heteroatoms. The van der Waals surface area contributed by atoms with Crippen LogP contribution in [0.5, 0.6) is 5.75 Å². The van der Waals surface area contributed by atoms with E-state index in [0.717, 1.165) is 5.56 Å². The summed E-state index contributed by atoms with van der Waals surface area (Å²) in [5, 5.41) is 2.66. The van der Waals surface area contributed by atoms with Crippen molar-refractivity contribution in [3.05, 3.63) is 65.7 Å². The van der Waals surface area contributed by atoms with Crippen LogP contribution in [0.4, 0.5) is 5.69 Å². The SMILES string of the molecule is COC(=O)c1cc(NC(=O)CCc2ncc(-c3cccc(OC)c3)o2)cc(C(=O)OC)c1. The average Bonchev–Trinajstić information content (AvgIpc) is 3.30. The highest BCUT2D eigenvalue weighted by atomic mass is 16.5. The third-order valence-corrected chi connectivity index (χ3v) is 4.53. The molecule has 1 heterocycles. The average molecular weight is 438 g/mol. The van der Waals surface area contributed by atoms with Gasteiger partial charge in [-0.3, -0.25) is 4.79 Å². The number of nitrogens with zero attached hydrogens (tertiary/aromatic N) is 1. The molecule has 0 bridgehead atoms. The second-order valence-corrected chi connectivity index (χ2v) is 6.68. The molecule has 0 atom stereocenters. The van der Waals surface area contributed by atoms with Crippen molar-refractivity contribution in [2.45, 2.75) is 12.8 Å². The van der Waals surface area contributed by atoms with E-state index in [0.29, 0.717) is 17.4 Å². The summed E-state index contributed by atoms with van der Waals surface area (Å²) in [6.07, 6.45) is 1.93. The fourth-order valence-electron chi connectivity index (χ4n) is 2.95. The van der Waals surface area contributed by atoms with E-state index in [1.807, 2.05) is 24.3 Å². The topological polar surface area (TPSA) is 117 Å². The number of aryl methyl sites for hydroxylation is 1. The molecule has 0 radical (unpaired) electrons. The van der Waals surface area contributed by atoms with Crippen molar-refractivity contribution in [1.82, 2.24) is 4.98 Å². The first-order valence-corrected chi connectivity index (χ1v) is 9.64. The van der Waals surface area contributed by atoms with Gasteiger partial charge in [-0.15, -0.1) is 0 Å². The second kappa shape index (κ2) is 10.3. The number of nitrogens with one attached hydrogen (secondary N) is 1. The number of benzene rings is 2. The van der Waals surface area contributed by atoms with Crippen LogP contribution in [0.25, 0.3) is 11.3 Å². The minimum atomic E-state index is -0.642. The minimum Gasteiger partial charge on any atom is -0.497 e. The van der Waals surface area contributed by atoms with E-state index in [1.165, 1.54) is 32.4 Å². The predicted molar refractivity (Wildman–Crippen MR) is 115 cm³/mol. The van der Waals surface area contributed by atoms with Crippen molar-refractivity contribution in [2.24, 2.45) is 0 Å². The number of amides is 1. The standard InChI is InChI=1S/C23H22N2O7/c1-29-18-6-4-5-14(12-18)19-13-24-21(32-19)8-7-20(26)25-17-10-15(22(27)30-2)9-16(11-17)23(28)31-3/h4-6,9-13H,7-8H2,1-3H3,(H,25,26). The summed E-state index contributed by atoms with van der Waals surface area (Å²) < 4.78 is 20.3. The van der Waals surface area contributed by atoms with E-state index in [9.17, 15) is 14.4 Å². The molecule has 0 aliphatic rings. The molecule has 0 aliphatic heterocycles. The van der Waals surface area contributed by atoms with Gasteiger partial charge in [0.25, 0.3) is 0 Å². The normalized spacial score (nSPS) is 10.3. The highest BCUT2D eigenvalue weighted by Crippen LogP contribution is 2.25. The van der Waals surface area contributed by atoms with Gasteiger partial charge < -0.3 is 23.9 Å². The molecule has 9 nitrogen and oxygen atoms in total. The first-order valence-electron chi connectivity index (χ1n) is 9.64. The fraction of sp³-hybridized carbons (Fsp3) is 0.217. The molecule has 2 aromatic carbocycles. The molecule has 1 N–H and O–H groups in total. The van der Waals surface area contributed by atoms with Crippen LogP contribution in [0.1, 0.15) is 33.0 Å². The molecule has 1 amide bonds. The predicted octanol–water partition coefficient (Wildman–Crippen LogP) is 3.49. The smallest absolute Gasteiger partial charge is 0.337 e. The van der Waals surface area contributed by atoms with E-state index in [4.69, 9.17) is 18.6 Å². The third kappa shape index (κ3) is 5.51. The van der Waals surface area contributed by atoms with Crippen LogP contribution in [0.2, 0.25) is 0 Å². The van der Waals surface area contributed by atoms with Crippen molar-refractivity contribution in [2.75, 3.05) is 26.6 Å². The van der Waals surface area contributed by atoms with Crippen LogP contribution in [0.15, 0.2) is 53.1 Å². The van der Waals surface area contributed by atoms with E-state index in [2.05, 4.69) is 10.3 Å². The zero-order valence-electron chi connectivity index (χ0n) is 17.8. The summed E-state index contributed by atoms with van der Waals surface area (Å²) in [4.78, 5) is 40.4. The monoisotopic (exact) mass is 438 g/mol. The number of esters is 2. The largest absolute Gasteiger partial charge is 0.497 e. The molecule has 0 saturated heterocycles. The van der Waals surface area contributed by atoms with Crippen LogP contribution in [-0.4, -0.2) is 44.2 Å². The lowest BCUT2D eigenvalue weighted by Gasteiger charge is -2.09. The van der Waals surface area contributed by atoms with Crippen LogP contribution >= 0.6 is 0 Å². The molecular formula is C23H22N2O7. The van der Waals surface area contributed by atoms with Crippen molar-refractivity contribution in [3.8, 4) is 17.1 Å². The van der Waals surface area contributed by atoms with Gasteiger partial charge in [0.05, 0.1) is 38.7 Å². The van der Waals surface area contributed by atoms with Crippen LogP contribution in [0, 0.1) is 0 Å². The summed E-state index contributed by atoms with van der Waals surface area (Å²) in [7, 11) is 4.03. The molecule has 0 unspecified atom stereocenters. The van der Waals surface area contributed by atoms with Gasteiger partial charge in [0.15, 0.2) is 11.7 Å². The van der Waals surface area contributed by atoms with Gasteiger partial charge in [0.1, 0.15) is 5.75 Å². The molecule has 166 valence electrons.